The first-order valence-electron chi connectivity index (χ1n) is 13.2. The maximum atomic E-state index is 2.32. The van der Waals surface area contributed by atoms with Crippen LogP contribution in [-0.2, 0) is 6.42 Å². The molecular formula is C31H54. The van der Waals surface area contributed by atoms with E-state index < -0.39 is 0 Å². The van der Waals surface area contributed by atoms with Gasteiger partial charge in [0.25, 0.3) is 0 Å². The Morgan fingerprint density at radius 2 is 1.03 bits per heavy atom. The Bertz CT molecular complexity index is 586. The highest BCUT2D eigenvalue weighted by Crippen LogP contribution is 2.46. The second-order valence-corrected chi connectivity index (χ2v) is 8.08. The van der Waals surface area contributed by atoms with Crippen molar-refractivity contribution in [3.63, 3.8) is 0 Å². The van der Waals surface area contributed by atoms with Gasteiger partial charge in [-0.1, -0.05) is 149 Å². The second-order valence-electron chi connectivity index (χ2n) is 8.08. The molecule has 0 heterocycles. The Morgan fingerprint density at radius 3 is 1.29 bits per heavy atom. The molecule has 2 aromatic rings. The molecule has 0 atom stereocenters. The van der Waals surface area contributed by atoms with Crippen molar-refractivity contribution in [1.29, 1.82) is 0 Å². The number of hydrogen-bond donors (Lipinski definition) is 0. The van der Waals surface area contributed by atoms with Gasteiger partial charge in [0.1, 0.15) is 0 Å². The van der Waals surface area contributed by atoms with Gasteiger partial charge in [-0.15, -0.1) is 0 Å². The third-order valence-electron chi connectivity index (χ3n) is 5.79. The van der Waals surface area contributed by atoms with E-state index in [1.54, 1.807) is 0 Å². The highest BCUT2D eigenvalue weighted by molar-refractivity contribution is 5.63. The summed E-state index contributed by atoms with van der Waals surface area (Å²) in [5.74, 6) is 0. The van der Waals surface area contributed by atoms with Crippen LogP contribution in [0.3, 0.4) is 0 Å². The Morgan fingerprint density at radius 1 is 0.645 bits per heavy atom. The molecular weight excluding hydrogens is 372 g/mol. The molecule has 31 heavy (non-hydrogen) atoms. The molecule has 0 N–H and O–H groups in total. The summed E-state index contributed by atoms with van der Waals surface area (Å²) in [4.78, 5) is 0. The van der Waals surface area contributed by atoms with Crippen LogP contribution in [0.1, 0.15) is 118 Å². The minimum Gasteiger partial charge on any atom is -0.0683 e. The summed E-state index contributed by atoms with van der Waals surface area (Å²) in [5, 5.41) is 0. The van der Waals surface area contributed by atoms with Crippen LogP contribution in [0.4, 0.5) is 0 Å². The maximum Gasteiger partial charge on any atom is -0.0184 e. The summed E-state index contributed by atoms with van der Waals surface area (Å²) in [7, 11) is 0. The SMILES string of the molecule is CC.CC.CCC.CCC1(CC)CCC1.CCCc1ccc(-c2ccc(C)cc2)cc1. The van der Waals surface area contributed by atoms with Crippen molar-refractivity contribution in [2.75, 3.05) is 0 Å². The average molecular weight is 427 g/mol. The molecule has 2 aromatic carbocycles. The summed E-state index contributed by atoms with van der Waals surface area (Å²) >= 11 is 0. The van der Waals surface area contributed by atoms with Gasteiger partial charge in [0.2, 0.25) is 0 Å². The van der Waals surface area contributed by atoms with E-state index in [1.807, 2.05) is 27.7 Å². The van der Waals surface area contributed by atoms with Crippen molar-refractivity contribution in [3.8, 4) is 11.1 Å². The molecule has 0 aromatic heterocycles. The fourth-order valence-corrected chi connectivity index (χ4v) is 3.53. The molecule has 0 saturated heterocycles. The van der Waals surface area contributed by atoms with Crippen molar-refractivity contribution < 1.29 is 0 Å². The highest BCUT2D eigenvalue weighted by Gasteiger charge is 2.32. The minimum atomic E-state index is 0.806. The van der Waals surface area contributed by atoms with Crippen molar-refractivity contribution in [2.45, 2.75) is 121 Å². The summed E-state index contributed by atoms with van der Waals surface area (Å²) < 4.78 is 0. The van der Waals surface area contributed by atoms with Gasteiger partial charge >= 0.3 is 0 Å². The van der Waals surface area contributed by atoms with Crippen molar-refractivity contribution >= 4 is 0 Å². The smallest absolute Gasteiger partial charge is 0.0184 e. The van der Waals surface area contributed by atoms with Crippen LogP contribution < -0.4 is 0 Å². The number of rotatable bonds is 5. The lowest BCUT2D eigenvalue weighted by Gasteiger charge is -2.40. The van der Waals surface area contributed by atoms with Gasteiger partial charge in [0.05, 0.1) is 0 Å². The highest BCUT2D eigenvalue weighted by atomic mass is 14.4. The van der Waals surface area contributed by atoms with E-state index in [4.69, 9.17) is 0 Å². The number of benzene rings is 2. The molecule has 0 amide bonds. The lowest BCUT2D eigenvalue weighted by atomic mass is 9.65. The van der Waals surface area contributed by atoms with Crippen molar-refractivity contribution in [1.82, 2.24) is 0 Å². The summed E-state index contributed by atoms with van der Waals surface area (Å²) in [6.07, 6.45) is 10.9. The van der Waals surface area contributed by atoms with Crippen LogP contribution >= 0.6 is 0 Å². The van der Waals surface area contributed by atoms with Crippen molar-refractivity contribution in [3.05, 3.63) is 59.7 Å². The third-order valence-corrected chi connectivity index (χ3v) is 5.79. The standard InChI is InChI=1S/C16H18.C8H16.C3H8.2C2H6/c1-3-4-14-7-11-16(12-8-14)15-9-5-13(2)6-10-15;1-3-8(4-2)6-5-7-8;1-3-2;2*1-2/h5-12H,3-4H2,1-2H3;3-7H2,1-2H3;3H2,1-2H3;2*1-2H3. The van der Waals surface area contributed by atoms with Crippen LogP contribution in [0.25, 0.3) is 11.1 Å². The molecule has 178 valence electrons. The topological polar surface area (TPSA) is 0 Å². The fourth-order valence-electron chi connectivity index (χ4n) is 3.53. The van der Waals surface area contributed by atoms with E-state index in [0.29, 0.717) is 0 Å². The zero-order valence-corrected chi connectivity index (χ0v) is 22.8. The van der Waals surface area contributed by atoms with E-state index in [0.717, 1.165) is 5.41 Å². The van der Waals surface area contributed by atoms with E-state index in [1.165, 1.54) is 73.6 Å². The minimum absolute atomic E-state index is 0.806. The van der Waals surface area contributed by atoms with Crippen LogP contribution in [-0.4, -0.2) is 0 Å². The van der Waals surface area contributed by atoms with E-state index >= 15 is 0 Å². The second kappa shape index (κ2) is 20.3. The summed E-state index contributed by atoms with van der Waals surface area (Å²) in [6, 6.07) is 17.6. The summed E-state index contributed by atoms with van der Waals surface area (Å²) in [6.45, 7) is 21.2. The van der Waals surface area contributed by atoms with E-state index in [9.17, 15) is 0 Å². The van der Waals surface area contributed by atoms with Crippen LogP contribution in [0.15, 0.2) is 48.5 Å². The molecule has 0 bridgehead atoms. The predicted molar refractivity (Wildman–Crippen MR) is 146 cm³/mol. The van der Waals surface area contributed by atoms with Crippen LogP contribution in [0, 0.1) is 12.3 Å². The molecule has 0 heteroatoms. The average Bonchev–Trinajstić information content (AvgIpc) is 2.79. The molecule has 0 spiro atoms. The molecule has 0 aliphatic heterocycles. The zero-order chi connectivity index (χ0) is 24.1. The predicted octanol–water partition coefficient (Wildman–Crippen LogP) is 11.1. The first-order valence-corrected chi connectivity index (χ1v) is 13.2. The Hall–Kier alpha value is -1.56. The number of aryl methyl sites for hydroxylation is 2. The quantitative estimate of drug-likeness (QED) is 0.446. The molecule has 1 saturated carbocycles. The van der Waals surface area contributed by atoms with Crippen LogP contribution in [0.2, 0.25) is 0 Å². The van der Waals surface area contributed by atoms with Gasteiger partial charge in [0.15, 0.2) is 0 Å². The Balaban J connectivity index is 0. The molecule has 0 unspecified atom stereocenters. The monoisotopic (exact) mass is 426 g/mol. The maximum absolute atomic E-state index is 2.32. The normalized spacial score (nSPS) is 12.7. The fraction of sp³-hybridized carbons (Fsp3) is 0.613. The first kappa shape index (κ1) is 31.6. The lowest BCUT2D eigenvalue weighted by molar-refractivity contribution is 0.121. The largest absolute Gasteiger partial charge is 0.0683 e. The first-order chi connectivity index (χ1) is 15.0. The van der Waals surface area contributed by atoms with E-state index in [2.05, 4.69) is 90.1 Å². The molecule has 1 aliphatic rings. The van der Waals surface area contributed by atoms with Gasteiger partial charge in [0, 0.05) is 0 Å². The molecule has 1 fully saturated rings. The lowest BCUT2D eigenvalue weighted by Crippen LogP contribution is -2.27. The Kier molecular flexibility index (Phi) is 20.8. The van der Waals surface area contributed by atoms with Gasteiger partial charge in [-0.05, 0) is 48.3 Å². The van der Waals surface area contributed by atoms with Gasteiger partial charge in [-0.25, -0.2) is 0 Å². The molecule has 0 nitrogen and oxygen atoms in total. The number of hydrogen-bond acceptors (Lipinski definition) is 0. The van der Waals surface area contributed by atoms with E-state index in [-0.39, 0.29) is 0 Å². The third kappa shape index (κ3) is 12.8. The molecule has 3 rings (SSSR count). The summed E-state index contributed by atoms with van der Waals surface area (Å²) in [5.41, 5.74) is 6.15. The Labute approximate surface area is 196 Å². The molecule has 1 aliphatic carbocycles. The molecule has 0 radical (unpaired) electrons. The van der Waals surface area contributed by atoms with Crippen LogP contribution in [0.5, 0.6) is 0 Å². The zero-order valence-electron chi connectivity index (χ0n) is 22.8. The van der Waals surface area contributed by atoms with Gasteiger partial charge in [-0.3, -0.25) is 0 Å². The van der Waals surface area contributed by atoms with Gasteiger partial charge in [-0.2, -0.15) is 0 Å². The van der Waals surface area contributed by atoms with Gasteiger partial charge < -0.3 is 0 Å². The van der Waals surface area contributed by atoms with Crippen molar-refractivity contribution in [2.24, 2.45) is 5.41 Å².